The molecule has 1 aromatic rings. The number of nitrogens with one attached hydrogen (secondary N) is 1. The normalized spacial score (nSPS) is 14.3. The predicted molar refractivity (Wildman–Crippen MR) is 75.4 cm³/mol. The Labute approximate surface area is 118 Å². The van der Waals surface area contributed by atoms with E-state index in [1.165, 1.54) is 12.8 Å². The lowest BCUT2D eigenvalue weighted by molar-refractivity contribution is -0.305. The minimum absolute atomic E-state index is 0.0822. The van der Waals surface area contributed by atoms with Gasteiger partial charge in [0.25, 0.3) is 0 Å². The number of carbonyl (C=O) groups excluding carboxylic acids is 2. The van der Waals surface area contributed by atoms with Crippen molar-refractivity contribution in [1.29, 1.82) is 0 Å². The number of amides is 1. The maximum absolute atomic E-state index is 11.8. The van der Waals surface area contributed by atoms with Crippen LogP contribution in [0.4, 0.5) is 11.4 Å². The summed E-state index contributed by atoms with van der Waals surface area (Å²) < 4.78 is 0. The molecule has 1 N–H and O–H groups in total. The second-order valence-electron chi connectivity index (χ2n) is 4.99. The summed E-state index contributed by atoms with van der Waals surface area (Å²) in [6.07, 6.45) is 2.77. The largest absolute Gasteiger partial charge is 0.550 e. The lowest BCUT2D eigenvalue weighted by Gasteiger charge is -2.21. The van der Waals surface area contributed by atoms with Gasteiger partial charge in [0.05, 0.1) is 11.4 Å². The summed E-state index contributed by atoms with van der Waals surface area (Å²) in [6.45, 7) is 2.02. The Balaban J connectivity index is 1.94. The second kappa shape index (κ2) is 6.93. The highest BCUT2D eigenvalue weighted by molar-refractivity contribution is 5.94. The van der Waals surface area contributed by atoms with E-state index in [1.807, 2.05) is 24.3 Å². The molecule has 0 atom stereocenters. The topological polar surface area (TPSA) is 72.5 Å². The van der Waals surface area contributed by atoms with Crippen molar-refractivity contribution in [3.8, 4) is 0 Å². The zero-order valence-electron chi connectivity index (χ0n) is 11.4. The number of carbonyl (C=O) groups is 2. The van der Waals surface area contributed by atoms with E-state index in [1.54, 1.807) is 0 Å². The molecule has 1 aromatic carbocycles. The summed E-state index contributed by atoms with van der Waals surface area (Å²) in [4.78, 5) is 24.4. The Hall–Kier alpha value is -2.04. The molecule has 1 fully saturated rings. The van der Waals surface area contributed by atoms with Gasteiger partial charge in [-0.3, -0.25) is 4.79 Å². The summed E-state index contributed by atoms with van der Waals surface area (Å²) in [5.41, 5.74) is 1.84. The van der Waals surface area contributed by atoms with Gasteiger partial charge in [0, 0.05) is 25.5 Å². The highest BCUT2D eigenvalue weighted by atomic mass is 16.4. The van der Waals surface area contributed by atoms with E-state index in [0.717, 1.165) is 24.5 Å². The molecule has 0 unspecified atom stereocenters. The highest BCUT2D eigenvalue weighted by Crippen LogP contribution is 2.28. The number of aliphatic carboxylic acids is 1. The Kier molecular flexibility index (Phi) is 4.98. The molecular weight excluding hydrogens is 256 g/mol. The van der Waals surface area contributed by atoms with E-state index in [0.29, 0.717) is 6.42 Å². The molecule has 0 spiro atoms. The van der Waals surface area contributed by atoms with E-state index in [2.05, 4.69) is 10.2 Å². The van der Waals surface area contributed by atoms with Crippen LogP contribution in [0.25, 0.3) is 0 Å². The molecular formula is C15H19N2O3-. The minimum atomic E-state index is -1.12. The first-order chi connectivity index (χ1) is 9.66. The maximum atomic E-state index is 11.8. The molecule has 1 aliphatic heterocycles. The van der Waals surface area contributed by atoms with Crippen LogP contribution >= 0.6 is 0 Å². The van der Waals surface area contributed by atoms with Crippen LogP contribution in [-0.4, -0.2) is 25.0 Å². The molecule has 108 valence electrons. The summed E-state index contributed by atoms with van der Waals surface area (Å²) in [5, 5.41) is 13.2. The van der Waals surface area contributed by atoms with Crippen LogP contribution in [0.1, 0.15) is 32.1 Å². The standard InChI is InChI=1S/C15H20N2O3/c18-14(8-5-9-15(19)20)16-12-6-1-2-7-13(12)17-10-3-4-11-17/h1-2,6-7H,3-5,8-11H2,(H,16,18)(H,19,20)/p-1. The van der Waals surface area contributed by atoms with Crippen molar-refractivity contribution in [3.05, 3.63) is 24.3 Å². The van der Waals surface area contributed by atoms with Gasteiger partial charge in [-0.2, -0.15) is 0 Å². The van der Waals surface area contributed by atoms with Gasteiger partial charge < -0.3 is 20.1 Å². The zero-order chi connectivity index (χ0) is 14.4. The molecule has 1 amide bonds. The van der Waals surface area contributed by atoms with Crippen LogP contribution < -0.4 is 15.3 Å². The second-order valence-corrected chi connectivity index (χ2v) is 4.99. The molecule has 1 aliphatic rings. The van der Waals surface area contributed by atoms with Crippen molar-refractivity contribution in [2.45, 2.75) is 32.1 Å². The maximum Gasteiger partial charge on any atom is 0.224 e. The predicted octanol–water partition coefficient (Wildman–Crippen LogP) is 1.15. The average molecular weight is 275 g/mol. The van der Waals surface area contributed by atoms with E-state index >= 15 is 0 Å². The van der Waals surface area contributed by atoms with Crippen LogP contribution in [0.3, 0.4) is 0 Å². The van der Waals surface area contributed by atoms with Crippen LogP contribution in [0.5, 0.6) is 0 Å². The summed E-state index contributed by atoms with van der Waals surface area (Å²) in [7, 11) is 0. The number of benzene rings is 1. The van der Waals surface area contributed by atoms with Gasteiger partial charge in [0.15, 0.2) is 0 Å². The zero-order valence-corrected chi connectivity index (χ0v) is 11.4. The SMILES string of the molecule is O=C([O-])CCCC(=O)Nc1ccccc1N1CCCC1. The van der Waals surface area contributed by atoms with Crippen molar-refractivity contribution in [1.82, 2.24) is 0 Å². The molecule has 0 saturated carbocycles. The Bertz CT molecular complexity index is 482. The lowest BCUT2D eigenvalue weighted by Crippen LogP contribution is -2.23. The molecule has 2 rings (SSSR count). The molecule has 20 heavy (non-hydrogen) atoms. The molecule has 0 radical (unpaired) electrons. The summed E-state index contributed by atoms with van der Waals surface area (Å²) in [6, 6.07) is 7.72. The van der Waals surface area contributed by atoms with Crippen molar-refractivity contribution >= 4 is 23.3 Å². The fourth-order valence-corrected chi connectivity index (χ4v) is 2.42. The summed E-state index contributed by atoms with van der Waals surface area (Å²) in [5.74, 6) is -1.27. The van der Waals surface area contributed by atoms with Gasteiger partial charge in [0.2, 0.25) is 5.91 Å². The Morgan fingerprint density at radius 2 is 1.85 bits per heavy atom. The number of carboxylic acid groups (broad SMARTS) is 1. The van der Waals surface area contributed by atoms with Gasteiger partial charge in [-0.1, -0.05) is 12.1 Å². The first kappa shape index (κ1) is 14.4. The van der Waals surface area contributed by atoms with Gasteiger partial charge in [-0.25, -0.2) is 0 Å². The first-order valence-electron chi connectivity index (χ1n) is 7.00. The number of carboxylic acids is 1. The number of rotatable bonds is 6. The van der Waals surface area contributed by atoms with Crippen LogP contribution in [-0.2, 0) is 9.59 Å². The van der Waals surface area contributed by atoms with E-state index in [9.17, 15) is 14.7 Å². The fourth-order valence-electron chi connectivity index (χ4n) is 2.42. The van der Waals surface area contributed by atoms with E-state index < -0.39 is 5.97 Å². The van der Waals surface area contributed by atoms with Gasteiger partial charge >= 0.3 is 0 Å². The number of nitrogens with zero attached hydrogens (tertiary/aromatic N) is 1. The van der Waals surface area contributed by atoms with Gasteiger partial charge in [-0.05, 0) is 37.8 Å². The number of anilines is 2. The van der Waals surface area contributed by atoms with Crippen molar-refractivity contribution in [3.63, 3.8) is 0 Å². The van der Waals surface area contributed by atoms with Crippen molar-refractivity contribution in [2.24, 2.45) is 0 Å². The third kappa shape index (κ3) is 3.98. The number of para-hydroxylation sites is 2. The third-order valence-electron chi connectivity index (χ3n) is 3.41. The average Bonchev–Trinajstić information content (AvgIpc) is 2.92. The number of hydrogen-bond acceptors (Lipinski definition) is 4. The molecule has 1 saturated heterocycles. The molecule has 1 heterocycles. The number of hydrogen-bond donors (Lipinski definition) is 1. The quantitative estimate of drug-likeness (QED) is 0.845. The van der Waals surface area contributed by atoms with E-state index in [4.69, 9.17) is 0 Å². The Morgan fingerprint density at radius 1 is 1.15 bits per heavy atom. The molecule has 0 bridgehead atoms. The summed E-state index contributed by atoms with van der Waals surface area (Å²) >= 11 is 0. The highest BCUT2D eigenvalue weighted by Gasteiger charge is 2.16. The van der Waals surface area contributed by atoms with Crippen LogP contribution in [0.15, 0.2) is 24.3 Å². The van der Waals surface area contributed by atoms with Crippen molar-refractivity contribution < 1.29 is 14.7 Å². The van der Waals surface area contributed by atoms with Crippen LogP contribution in [0, 0.1) is 0 Å². The molecule has 5 heteroatoms. The molecule has 0 aliphatic carbocycles. The monoisotopic (exact) mass is 275 g/mol. The van der Waals surface area contributed by atoms with E-state index in [-0.39, 0.29) is 18.7 Å². The minimum Gasteiger partial charge on any atom is -0.550 e. The van der Waals surface area contributed by atoms with Crippen molar-refractivity contribution in [2.75, 3.05) is 23.3 Å². The fraction of sp³-hybridized carbons (Fsp3) is 0.467. The lowest BCUT2D eigenvalue weighted by atomic mass is 10.2. The smallest absolute Gasteiger partial charge is 0.224 e. The molecule has 0 aromatic heterocycles. The molecule has 5 nitrogen and oxygen atoms in total. The van der Waals surface area contributed by atoms with Crippen LogP contribution in [0.2, 0.25) is 0 Å². The van der Waals surface area contributed by atoms with Gasteiger partial charge in [0.1, 0.15) is 0 Å². The third-order valence-corrected chi connectivity index (χ3v) is 3.41. The first-order valence-corrected chi connectivity index (χ1v) is 7.00. The van der Waals surface area contributed by atoms with Gasteiger partial charge in [-0.15, -0.1) is 0 Å². The Morgan fingerprint density at radius 3 is 2.55 bits per heavy atom.